The first-order valence-electron chi connectivity index (χ1n) is 9.04. The van der Waals surface area contributed by atoms with Gasteiger partial charge in [-0.2, -0.15) is 0 Å². The van der Waals surface area contributed by atoms with Crippen LogP contribution < -0.4 is 5.56 Å². The Morgan fingerprint density at radius 2 is 1.85 bits per heavy atom. The summed E-state index contributed by atoms with van der Waals surface area (Å²) < 4.78 is 1.88. The molecule has 0 aliphatic carbocycles. The maximum Gasteiger partial charge on any atom is 0.272 e. The number of hydrogen-bond donors (Lipinski definition) is 0. The van der Waals surface area contributed by atoms with Crippen LogP contribution in [0.3, 0.4) is 0 Å². The van der Waals surface area contributed by atoms with Crippen molar-refractivity contribution in [1.82, 2.24) is 14.5 Å². The van der Waals surface area contributed by atoms with Crippen LogP contribution in [0.25, 0.3) is 10.9 Å². The zero-order valence-corrected chi connectivity index (χ0v) is 14.3. The van der Waals surface area contributed by atoms with Crippen molar-refractivity contribution < 1.29 is 4.79 Å². The Hall–Kier alpha value is -2.95. The number of fused-ring (bicyclic) bond motifs is 5. The fourth-order valence-electron chi connectivity index (χ4n) is 4.41. The third-order valence-corrected chi connectivity index (χ3v) is 5.58. The Morgan fingerprint density at radius 3 is 2.77 bits per heavy atom. The van der Waals surface area contributed by atoms with Gasteiger partial charge in [-0.3, -0.25) is 9.59 Å². The van der Waals surface area contributed by atoms with Crippen molar-refractivity contribution in [2.75, 3.05) is 13.1 Å². The van der Waals surface area contributed by atoms with E-state index >= 15 is 0 Å². The highest BCUT2D eigenvalue weighted by molar-refractivity contribution is 5.95. The van der Waals surface area contributed by atoms with Gasteiger partial charge in [-0.25, -0.2) is 4.98 Å². The number of amides is 1. The average Bonchev–Trinajstić information content (AvgIpc) is 2.68. The van der Waals surface area contributed by atoms with Crippen molar-refractivity contribution >= 4 is 16.8 Å². The Kier molecular flexibility index (Phi) is 3.42. The molecule has 2 atom stereocenters. The molecule has 2 bridgehead atoms. The largest absolute Gasteiger partial charge is 0.336 e. The van der Waals surface area contributed by atoms with Gasteiger partial charge in [0.2, 0.25) is 0 Å². The molecule has 0 saturated carbocycles. The lowest BCUT2D eigenvalue weighted by Gasteiger charge is -2.42. The topological polar surface area (TPSA) is 55.2 Å². The summed E-state index contributed by atoms with van der Waals surface area (Å²) in [6, 6.07) is 17.1. The van der Waals surface area contributed by atoms with Crippen molar-refractivity contribution in [2.24, 2.45) is 5.92 Å². The summed E-state index contributed by atoms with van der Waals surface area (Å²) in [6.45, 7) is 2.03. The first-order valence-corrected chi connectivity index (χ1v) is 9.04. The standard InChI is InChI=1S/C21H19N3O2/c25-20-7-3-6-19-16-10-14(12-24(19)20)11-23(13-16)21(26)18-9-8-15-4-1-2-5-17(15)22-18/h1-9,14,16H,10-13H2/t14-,16+/m1/s1. The number of rotatable bonds is 1. The molecule has 1 fully saturated rings. The number of pyridine rings is 2. The highest BCUT2D eigenvalue weighted by Crippen LogP contribution is 2.35. The molecule has 2 aliphatic heterocycles. The van der Waals surface area contributed by atoms with E-state index in [0.29, 0.717) is 31.2 Å². The maximum absolute atomic E-state index is 13.0. The van der Waals surface area contributed by atoms with Crippen LogP contribution in [0.5, 0.6) is 0 Å². The van der Waals surface area contributed by atoms with E-state index in [2.05, 4.69) is 4.98 Å². The number of piperidine rings is 1. The lowest BCUT2D eigenvalue weighted by Crippen LogP contribution is -2.49. The van der Waals surface area contributed by atoms with E-state index in [1.54, 1.807) is 6.07 Å². The molecule has 130 valence electrons. The van der Waals surface area contributed by atoms with Gasteiger partial charge in [-0.05, 0) is 30.5 Å². The number of carbonyl (C=O) groups excluding carboxylic acids is 1. The van der Waals surface area contributed by atoms with Crippen molar-refractivity contribution in [3.63, 3.8) is 0 Å². The molecule has 4 heterocycles. The monoisotopic (exact) mass is 345 g/mol. The first-order chi connectivity index (χ1) is 12.7. The van der Waals surface area contributed by atoms with E-state index in [-0.39, 0.29) is 17.4 Å². The molecule has 5 heteroatoms. The third-order valence-electron chi connectivity index (χ3n) is 5.58. The Balaban J connectivity index is 1.46. The van der Waals surface area contributed by atoms with E-state index in [4.69, 9.17) is 0 Å². The van der Waals surface area contributed by atoms with Gasteiger partial charge >= 0.3 is 0 Å². The summed E-state index contributed by atoms with van der Waals surface area (Å²) in [5.74, 6) is 0.531. The minimum Gasteiger partial charge on any atom is -0.336 e. The van der Waals surface area contributed by atoms with Gasteiger partial charge in [0.25, 0.3) is 11.5 Å². The van der Waals surface area contributed by atoms with Gasteiger partial charge in [0.05, 0.1) is 5.52 Å². The molecule has 1 saturated heterocycles. The van der Waals surface area contributed by atoms with Gasteiger partial charge in [-0.15, -0.1) is 0 Å². The minimum atomic E-state index is -0.0165. The first kappa shape index (κ1) is 15.3. The lowest BCUT2D eigenvalue weighted by atomic mass is 9.83. The van der Waals surface area contributed by atoms with Crippen molar-refractivity contribution in [1.29, 1.82) is 0 Å². The molecule has 0 unspecified atom stereocenters. The summed E-state index contributed by atoms with van der Waals surface area (Å²) in [7, 11) is 0. The summed E-state index contributed by atoms with van der Waals surface area (Å²) in [4.78, 5) is 31.6. The molecule has 1 aromatic carbocycles. The number of nitrogens with zero attached hydrogens (tertiary/aromatic N) is 3. The summed E-state index contributed by atoms with van der Waals surface area (Å²) in [6.07, 6.45) is 1.04. The maximum atomic E-state index is 13.0. The molecule has 1 amide bonds. The van der Waals surface area contributed by atoms with Gasteiger partial charge in [0.15, 0.2) is 0 Å². The summed E-state index contributed by atoms with van der Waals surface area (Å²) in [5, 5.41) is 1.04. The van der Waals surface area contributed by atoms with Crippen molar-refractivity contribution in [2.45, 2.75) is 18.9 Å². The molecule has 2 aliphatic rings. The molecule has 0 radical (unpaired) electrons. The normalized spacial score (nSPS) is 21.5. The third kappa shape index (κ3) is 2.43. The molecule has 26 heavy (non-hydrogen) atoms. The second-order valence-electron chi connectivity index (χ2n) is 7.30. The Labute approximate surface area is 150 Å². The van der Waals surface area contributed by atoms with E-state index in [0.717, 1.165) is 23.0 Å². The van der Waals surface area contributed by atoms with Crippen molar-refractivity contribution in [3.8, 4) is 0 Å². The van der Waals surface area contributed by atoms with Crippen LogP contribution in [0.4, 0.5) is 0 Å². The molecular weight excluding hydrogens is 326 g/mol. The molecule has 2 aromatic heterocycles. The van der Waals surface area contributed by atoms with Crippen LogP contribution in [0.1, 0.15) is 28.5 Å². The summed E-state index contributed by atoms with van der Waals surface area (Å²) in [5.41, 5.74) is 2.45. The number of carbonyl (C=O) groups is 1. The fraction of sp³-hybridized carbons (Fsp3) is 0.286. The van der Waals surface area contributed by atoms with Gasteiger partial charge < -0.3 is 9.47 Å². The highest BCUT2D eigenvalue weighted by Gasteiger charge is 2.36. The predicted molar refractivity (Wildman–Crippen MR) is 99.2 cm³/mol. The average molecular weight is 345 g/mol. The predicted octanol–water partition coefficient (Wildman–Crippen LogP) is 2.66. The van der Waals surface area contributed by atoms with Gasteiger partial charge in [0, 0.05) is 42.7 Å². The van der Waals surface area contributed by atoms with Crippen LogP contribution in [-0.2, 0) is 6.54 Å². The molecular formula is C21H19N3O2. The molecule has 3 aromatic rings. The zero-order chi connectivity index (χ0) is 17.7. The molecule has 0 spiro atoms. The van der Waals surface area contributed by atoms with E-state index in [1.807, 2.05) is 58.0 Å². The van der Waals surface area contributed by atoms with E-state index < -0.39 is 0 Å². The Bertz CT molecular complexity index is 1070. The second kappa shape index (κ2) is 5.80. The van der Waals surface area contributed by atoms with Crippen LogP contribution in [0, 0.1) is 5.92 Å². The van der Waals surface area contributed by atoms with Crippen LogP contribution in [-0.4, -0.2) is 33.4 Å². The number of para-hydroxylation sites is 1. The van der Waals surface area contributed by atoms with Gasteiger partial charge in [-0.1, -0.05) is 30.3 Å². The number of benzene rings is 1. The molecule has 5 nitrogen and oxygen atoms in total. The number of hydrogen-bond acceptors (Lipinski definition) is 3. The van der Waals surface area contributed by atoms with Crippen LogP contribution in [0.15, 0.2) is 59.4 Å². The smallest absolute Gasteiger partial charge is 0.272 e. The zero-order valence-electron chi connectivity index (χ0n) is 14.3. The lowest BCUT2D eigenvalue weighted by molar-refractivity contribution is 0.0589. The highest BCUT2D eigenvalue weighted by atomic mass is 16.2. The van der Waals surface area contributed by atoms with Crippen molar-refractivity contribution in [3.05, 3.63) is 76.3 Å². The molecule has 0 N–H and O–H groups in total. The van der Waals surface area contributed by atoms with Crippen LogP contribution >= 0.6 is 0 Å². The second-order valence-corrected chi connectivity index (χ2v) is 7.30. The quantitative estimate of drug-likeness (QED) is 0.681. The van der Waals surface area contributed by atoms with E-state index in [9.17, 15) is 9.59 Å². The number of aromatic nitrogens is 2. The minimum absolute atomic E-state index is 0.0165. The van der Waals surface area contributed by atoms with Gasteiger partial charge in [0.1, 0.15) is 5.69 Å². The van der Waals surface area contributed by atoms with E-state index in [1.165, 1.54) is 0 Å². The summed E-state index contributed by atoms with van der Waals surface area (Å²) >= 11 is 0. The fourth-order valence-corrected chi connectivity index (χ4v) is 4.41. The SMILES string of the molecule is O=C(c1ccc2ccccc2n1)N1C[C@H]2C[C@@H](C1)c1cccc(=O)n1C2. The number of likely N-dealkylation sites (tertiary alicyclic amines) is 1. The molecule has 5 rings (SSSR count). The Morgan fingerprint density at radius 1 is 0.962 bits per heavy atom. The van der Waals surface area contributed by atoms with Crippen LogP contribution in [0.2, 0.25) is 0 Å².